The summed E-state index contributed by atoms with van der Waals surface area (Å²) in [5.74, 6) is 0.172. The molecule has 14 heavy (non-hydrogen) atoms. The van der Waals surface area contributed by atoms with Crippen molar-refractivity contribution in [2.75, 3.05) is 7.11 Å². The van der Waals surface area contributed by atoms with Crippen molar-refractivity contribution in [3.05, 3.63) is 12.2 Å². The van der Waals surface area contributed by atoms with Crippen LogP contribution in [0.5, 0.6) is 0 Å². The normalized spacial score (nSPS) is 33.4. The minimum Gasteiger partial charge on any atom is -0.469 e. The van der Waals surface area contributed by atoms with Crippen LogP contribution in [0.4, 0.5) is 0 Å². The largest absolute Gasteiger partial charge is 0.469 e. The Morgan fingerprint density at radius 3 is 2.79 bits per heavy atom. The van der Waals surface area contributed by atoms with Crippen molar-refractivity contribution in [2.24, 2.45) is 11.3 Å². The number of rotatable bonds is 3. The number of allylic oxidation sites excluding steroid dienone is 2. The predicted octanol–water partition coefficient (Wildman–Crippen LogP) is 1.47. The maximum Gasteiger partial charge on any atom is 0.313 e. The number of carbonyl (C=O) groups is 2. The van der Waals surface area contributed by atoms with Crippen LogP contribution in [0, 0.1) is 11.3 Å². The molecule has 0 aliphatic heterocycles. The molecule has 0 aromatic carbocycles. The van der Waals surface area contributed by atoms with Crippen LogP contribution in [0.15, 0.2) is 12.2 Å². The summed E-state index contributed by atoms with van der Waals surface area (Å²) in [4.78, 5) is 22.8. The molecule has 0 saturated heterocycles. The molecule has 2 rings (SSSR count). The Morgan fingerprint density at radius 1 is 1.57 bits per heavy atom. The molecule has 2 atom stereocenters. The van der Waals surface area contributed by atoms with Crippen LogP contribution < -0.4 is 0 Å². The van der Waals surface area contributed by atoms with Gasteiger partial charge in [0.2, 0.25) is 0 Å². The van der Waals surface area contributed by atoms with Gasteiger partial charge in [-0.15, -0.1) is 0 Å². The molecule has 0 amide bonds. The van der Waals surface area contributed by atoms with E-state index in [4.69, 9.17) is 0 Å². The molecule has 0 aromatic heterocycles. The zero-order valence-corrected chi connectivity index (χ0v) is 8.29. The fraction of sp³-hybridized carbons (Fsp3) is 0.636. The number of ether oxygens (including phenoxy) is 1. The third kappa shape index (κ3) is 1.37. The SMILES string of the molecule is COC(=O)CC(=O)C12C=CC(CC1)C2. The van der Waals surface area contributed by atoms with Gasteiger partial charge in [-0.25, -0.2) is 0 Å². The summed E-state index contributed by atoms with van der Waals surface area (Å²) in [7, 11) is 1.31. The standard InChI is InChI=1S/C11H14O3/c1-14-10(13)6-9(12)11-4-2-8(7-11)3-5-11/h2,4,8H,3,5-7H2,1H3. The zero-order chi connectivity index (χ0) is 10.2. The van der Waals surface area contributed by atoms with Crippen molar-refractivity contribution in [2.45, 2.75) is 25.7 Å². The van der Waals surface area contributed by atoms with E-state index in [1.807, 2.05) is 6.08 Å². The first kappa shape index (κ1) is 9.44. The maximum atomic E-state index is 11.8. The second-order valence-electron chi connectivity index (χ2n) is 4.19. The van der Waals surface area contributed by atoms with Gasteiger partial charge in [-0.05, 0) is 25.2 Å². The number of methoxy groups -OCH3 is 1. The van der Waals surface area contributed by atoms with Gasteiger partial charge < -0.3 is 4.74 Å². The van der Waals surface area contributed by atoms with Crippen molar-refractivity contribution < 1.29 is 14.3 Å². The van der Waals surface area contributed by atoms with E-state index in [-0.39, 0.29) is 17.6 Å². The van der Waals surface area contributed by atoms with Crippen LogP contribution in [0.1, 0.15) is 25.7 Å². The summed E-state index contributed by atoms with van der Waals surface area (Å²) in [6, 6.07) is 0. The monoisotopic (exact) mass is 194 g/mol. The summed E-state index contributed by atoms with van der Waals surface area (Å²) >= 11 is 0. The Morgan fingerprint density at radius 2 is 2.36 bits per heavy atom. The summed E-state index contributed by atoms with van der Waals surface area (Å²) in [5, 5.41) is 0. The van der Waals surface area contributed by atoms with E-state index >= 15 is 0 Å². The van der Waals surface area contributed by atoms with E-state index in [0.717, 1.165) is 19.3 Å². The van der Waals surface area contributed by atoms with Gasteiger partial charge in [-0.1, -0.05) is 12.2 Å². The van der Waals surface area contributed by atoms with Crippen LogP contribution in [0.3, 0.4) is 0 Å². The molecule has 2 bridgehead atoms. The van der Waals surface area contributed by atoms with Gasteiger partial charge in [0.05, 0.1) is 7.11 Å². The molecule has 2 aliphatic carbocycles. The first-order valence-corrected chi connectivity index (χ1v) is 4.96. The fourth-order valence-corrected chi connectivity index (χ4v) is 2.48. The molecule has 3 heteroatoms. The topological polar surface area (TPSA) is 43.4 Å². The van der Waals surface area contributed by atoms with Crippen LogP contribution in [-0.4, -0.2) is 18.9 Å². The van der Waals surface area contributed by atoms with Crippen molar-refractivity contribution in [1.29, 1.82) is 0 Å². The average molecular weight is 194 g/mol. The summed E-state index contributed by atoms with van der Waals surface area (Å²) in [6.45, 7) is 0. The van der Waals surface area contributed by atoms with Crippen molar-refractivity contribution in [3.63, 3.8) is 0 Å². The van der Waals surface area contributed by atoms with E-state index < -0.39 is 5.97 Å². The molecular weight excluding hydrogens is 180 g/mol. The molecule has 1 fully saturated rings. The quantitative estimate of drug-likeness (QED) is 0.388. The number of fused-ring (bicyclic) bond motifs is 2. The minimum atomic E-state index is -0.423. The van der Waals surface area contributed by atoms with Gasteiger partial charge in [0.25, 0.3) is 0 Å². The highest BCUT2D eigenvalue weighted by molar-refractivity contribution is 6.00. The number of ketones is 1. The second-order valence-corrected chi connectivity index (χ2v) is 4.19. The van der Waals surface area contributed by atoms with E-state index in [1.54, 1.807) is 0 Å². The molecule has 0 radical (unpaired) electrons. The molecule has 0 heterocycles. The Labute approximate surface area is 83.1 Å². The first-order valence-electron chi connectivity index (χ1n) is 4.96. The van der Waals surface area contributed by atoms with Crippen molar-refractivity contribution in [1.82, 2.24) is 0 Å². The fourth-order valence-electron chi connectivity index (χ4n) is 2.48. The highest BCUT2D eigenvalue weighted by Crippen LogP contribution is 2.50. The smallest absolute Gasteiger partial charge is 0.313 e. The molecule has 0 N–H and O–H groups in total. The van der Waals surface area contributed by atoms with E-state index in [1.165, 1.54) is 7.11 Å². The highest BCUT2D eigenvalue weighted by atomic mass is 16.5. The summed E-state index contributed by atoms with van der Waals surface area (Å²) in [5.41, 5.74) is -0.321. The molecule has 76 valence electrons. The number of hydrogen-bond donors (Lipinski definition) is 0. The van der Waals surface area contributed by atoms with Crippen molar-refractivity contribution in [3.8, 4) is 0 Å². The van der Waals surface area contributed by atoms with Crippen LogP contribution in [-0.2, 0) is 14.3 Å². The lowest BCUT2D eigenvalue weighted by atomic mass is 9.82. The van der Waals surface area contributed by atoms with E-state index in [9.17, 15) is 9.59 Å². The Bertz CT molecular complexity index is 306. The molecule has 2 aliphatic rings. The molecule has 0 spiro atoms. The highest BCUT2D eigenvalue weighted by Gasteiger charge is 2.46. The molecule has 3 nitrogen and oxygen atoms in total. The summed E-state index contributed by atoms with van der Waals surface area (Å²) < 4.78 is 4.50. The number of Topliss-reactive ketones (excluding diaryl/α,β-unsaturated/α-hetero) is 1. The van der Waals surface area contributed by atoms with E-state index in [0.29, 0.717) is 5.92 Å². The zero-order valence-electron chi connectivity index (χ0n) is 8.29. The van der Waals surface area contributed by atoms with Gasteiger partial charge >= 0.3 is 5.97 Å². The molecule has 1 saturated carbocycles. The lowest BCUT2D eigenvalue weighted by Gasteiger charge is -2.20. The maximum absolute atomic E-state index is 11.8. The minimum absolute atomic E-state index is 0.0283. The molecule has 0 aromatic rings. The average Bonchev–Trinajstić information content (AvgIpc) is 2.78. The Hall–Kier alpha value is -1.12. The van der Waals surface area contributed by atoms with Crippen LogP contribution >= 0.6 is 0 Å². The Balaban J connectivity index is 2.05. The third-order valence-electron chi connectivity index (χ3n) is 3.36. The number of esters is 1. The summed E-state index contributed by atoms with van der Waals surface area (Å²) in [6.07, 6.45) is 6.93. The lowest BCUT2D eigenvalue weighted by molar-refractivity contribution is -0.145. The molecule has 2 unspecified atom stereocenters. The third-order valence-corrected chi connectivity index (χ3v) is 3.36. The van der Waals surface area contributed by atoms with Gasteiger partial charge in [0, 0.05) is 5.41 Å². The van der Waals surface area contributed by atoms with Gasteiger partial charge in [0.15, 0.2) is 5.78 Å². The van der Waals surface area contributed by atoms with Crippen molar-refractivity contribution >= 4 is 11.8 Å². The van der Waals surface area contributed by atoms with E-state index in [2.05, 4.69) is 10.8 Å². The Kier molecular flexibility index (Phi) is 2.17. The second kappa shape index (κ2) is 3.23. The first-order chi connectivity index (χ1) is 6.66. The van der Waals surface area contributed by atoms with Gasteiger partial charge in [0.1, 0.15) is 6.42 Å². The number of carbonyl (C=O) groups excluding carboxylic acids is 2. The van der Waals surface area contributed by atoms with Crippen LogP contribution in [0.2, 0.25) is 0 Å². The van der Waals surface area contributed by atoms with Crippen LogP contribution in [0.25, 0.3) is 0 Å². The molecular formula is C11H14O3. The lowest BCUT2D eigenvalue weighted by Crippen LogP contribution is -2.27. The van der Waals surface area contributed by atoms with Gasteiger partial charge in [-0.2, -0.15) is 0 Å². The van der Waals surface area contributed by atoms with Gasteiger partial charge in [-0.3, -0.25) is 9.59 Å². The number of hydrogen-bond acceptors (Lipinski definition) is 3. The predicted molar refractivity (Wildman–Crippen MR) is 50.6 cm³/mol.